The van der Waals surface area contributed by atoms with Crippen LogP contribution in [0.25, 0.3) is 0 Å². The van der Waals surface area contributed by atoms with Gasteiger partial charge in [-0.05, 0) is 6.26 Å². The molecule has 0 radical (unpaired) electrons. The predicted octanol–water partition coefficient (Wildman–Crippen LogP) is 0.799. The van der Waals surface area contributed by atoms with Gasteiger partial charge in [-0.15, -0.1) is 11.8 Å². The third kappa shape index (κ3) is 1.41. The van der Waals surface area contributed by atoms with Crippen LogP contribution in [0.4, 0.5) is 9.18 Å². The molecule has 0 spiro atoms. The second-order valence-corrected chi connectivity index (χ2v) is 2.71. The first kappa shape index (κ1) is 7.40. The van der Waals surface area contributed by atoms with Crippen LogP contribution < -0.4 is 10.6 Å². The standard InChI is InChI=1S/C5H7FN2OS/c1-10-4-3(6)2-7-5(9)8-4/h2,4H,1H3,(H2,7,8,9). The van der Waals surface area contributed by atoms with Crippen LogP contribution >= 0.6 is 11.8 Å². The summed E-state index contributed by atoms with van der Waals surface area (Å²) in [5.41, 5.74) is 0. The molecule has 0 aromatic carbocycles. The monoisotopic (exact) mass is 162 g/mol. The molecule has 0 fully saturated rings. The highest BCUT2D eigenvalue weighted by atomic mass is 32.2. The Morgan fingerprint density at radius 3 is 3.00 bits per heavy atom. The minimum atomic E-state index is -0.520. The van der Waals surface area contributed by atoms with Gasteiger partial charge >= 0.3 is 6.03 Å². The first-order valence-electron chi connectivity index (χ1n) is 2.69. The van der Waals surface area contributed by atoms with E-state index < -0.39 is 5.37 Å². The summed E-state index contributed by atoms with van der Waals surface area (Å²) in [5.74, 6) is -0.355. The first-order valence-corrected chi connectivity index (χ1v) is 3.98. The molecule has 2 amide bonds. The highest BCUT2D eigenvalue weighted by molar-refractivity contribution is 7.99. The fraction of sp³-hybridized carbons (Fsp3) is 0.400. The quantitative estimate of drug-likeness (QED) is 0.598. The fourth-order valence-electron chi connectivity index (χ4n) is 0.611. The lowest BCUT2D eigenvalue weighted by atomic mass is 10.5. The molecule has 0 aliphatic carbocycles. The summed E-state index contributed by atoms with van der Waals surface area (Å²) in [7, 11) is 0. The summed E-state index contributed by atoms with van der Waals surface area (Å²) in [5, 5.41) is 4.06. The van der Waals surface area contributed by atoms with Gasteiger partial charge in [-0.3, -0.25) is 0 Å². The SMILES string of the molecule is CSC1NC(=O)NC=C1F. The minimum absolute atomic E-state index is 0.355. The maximum Gasteiger partial charge on any atom is 0.320 e. The summed E-state index contributed by atoms with van der Waals surface area (Å²) in [6.45, 7) is 0. The Labute approximate surface area is 62.1 Å². The number of amides is 2. The Morgan fingerprint density at radius 2 is 2.50 bits per heavy atom. The average Bonchev–Trinajstić information content (AvgIpc) is 1.94. The zero-order valence-corrected chi connectivity index (χ0v) is 6.17. The van der Waals surface area contributed by atoms with Crippen molar-refractivity contribution in [3.05, 3.63) is 12.0 Å². The van der Waals surface area contributed by atoms with Gasteiger partial charge in [-0.25, -0.2) is 9.18 Å². The predicted molar refractivity (Wildman–Crippen MR) is 38.2 cm³/mol. The largest absolute Gasteiger partial charge is 0.320 e. The fourth-order valence-corrected chi connectivity index (χ4v) is 1.13. The van der Waals surface area contributed by atoms with Gasteiger partial charge in [-0.1, -0.05) is 0 Å². The summed E-state index contributed by atoms with van der Waals surface area (Å²) in [4.78, 5) is 10.5. The Bertz CT molecular complexity index is 182. The second kappa shape index (κ2) is 2.92. The van der Waals surface area contributed by atoms with E-state index in [4.69, 9.17) is 0 Å². The lowest BCUT2D eigenvalue weighted by Crippen LogP contribution is -2.43. The van der Waals surface area contributed by atoms with Crippen LogP contribution in [0.3, 0.4) is 0 Å². The molecule has 5 heteroatoms. The minimum Gasteiger partial charge on any atom is -0.320 e. The van der Waals surface area contributed by atoms with Crippen molar-refractivity contribution in [2.24, 2.45) is 0 Å². The van der Waals surface area contributed by atoms with Crippen molar-refractivity contribution in [3.8, 4) is 0 Å². The maximum absolute atomic E-state index is 12.6. The molecule has 1 rings (SSSR count). The van der Waals surface area contributed by atoms with Gasteiger partial charge in [0.25, 0.3) is 0 Å². The smallest absolute Gasteiger partial charge is 0.320 e. The third-order valence-corrected chi connectivity index (χ3v) is 1.90. The molecule has 1 unspecified atom stereocenters. The Balaban J connectivity index is 2.65. The first-order chi connectivity index (χ1) is 4.74. The second-order valence-electron chi connectivity index (χ2n) is 1.76. The highest BCUT2D eigenvalue weighted by Gasteiger charge is 2.19. The molecule has 0 saturated heterocycles. The molecule has 0 aromatic heterocycles. The maximum atomic E-state index is 12.6. The highest BCUT2D eigenvalue weighted by Crippen LogP contribution is 2.15. The van der Waals surface area contributed by atoms with Crippen molar-refractivity contribution >= 4 is 17.8 Å². The third-order valence-electron chi connectivity index (χ3n) is 1.09. The van der Waals surface area contributed by atoms with Crippen LogP contribution in [0.1, 0.15) is 0 Å². The number of halogens is 1. The molecular weight excluding hydrogens is 155 g/mol. The topological polar surface area (TPSA) is 41.1 Å². The van der Waals surface area contributed by atoms with E-state index in [0.717, 1.165) is 6.20 Å². The van der Waals surface area contributed by atoms with Crippen molar-refractivity contribution in [1.82, 2.24) is 10.6 Å². The lowest BCUT2D eigenvalue weighted by molar-refractivity contribution is 0.241. The van der Waals surface area contributed by atoms with E-state index in [2.05, 4.69) is 10.6 Å². The number of carbonyl (C=O) groups is 1. The normalized spacial score (nSPS) is 24.8. The molecule has 1 heterocycles. The average molecular weight is 162 g/mol. The Kier molecular flexibility index (Phi) is 2.16. The molecule has 56 valence electrons. The van der Waals surface area contributed by atoms with Crippen LogP contribution in [0.5, 0.6) is 0 Å². The molecule has 10 heavy (non-hydrogen) atoms. The van der Waals surface area contributed by atoms with Crippen LogP contribution in [0, 0.1) is 0 Å². The zero-order chi connectivity index (χ0) is 7.56. The zero-order valence-electron chi connectivity index (χ0n) is 5.35. The summed E-state index contributed by atoms with van der Waals surface area (Å²) >= 11 is 1.24. The number of rotatable bonds is 1. The van der Waals surface area contributed by atoms with E-state index >= 15 is 0 Å². The van der Waals surface area contributed by atoms with Gasteiger partial charge in [0, 0.05) is 6.20 Å². The molecule has 0 aromatic rings. The van der Waals surface area contributed by atoms with Gasteiger partial charge in [0.05, 0.1) is 0 Å². The number of hydrogen-bond donors (Lipinski definition) is 2. The van der Waals surface area contributed by atoms with Crippen molar-refractivity contribution in [2.75, 3.05) is 6.26 Å². The number of nitrogens with one attached hydrogen (secondary N) is 2. The molecule has 2 N–H and O–H groups in total. The van der Waals surface area contributed by atoms with Crippen LogP contribution in [0.2, 0.25) is 0 Å². The van der Waals surface area contributed by atoms with Crippen LogP contribution in [-0.2, 0) is 0 Å². The van der Waals surface area contributed by atoms with Gasteiger partial charge in [0.2, 0.25) is 0 Å². The molecule has 1 aliphatic heterocycles. The van der Waals surface area contributed by atoms with Crippen molar-refractivity contribution in [3.63, 3.8) is 0 Å². The van der Waals surface area contributed by atoms with Crippen molar-refractivity contribution < 1.29 is 9.18 Å². The number of thioether (sulfide) groups is 1. The van der Waals surface area contributed by atoms with E-state index in [-0.39, 0.29) is 11.9 Å². The van der Waals surface area contributed by atoms with Gasteiger partial charge in [0.15, 0.2) is 0 Å². The lowest BCUT2D eigenvalue weighted by Gasteiger charge is -2.18. The Hall–Kier alpha value is -0.710. The Morgan fingerprint density at radius 1 is 1.80 bits per heavy atom. The van der Waals surface area contributed by atoms with E-state index in [1.807, 2.05) is 0 Å². The van der Waals surface area contributed by atoms with Crippen LogP contribution in [-0.4, -0.2) is 17.7 Å². The summed E-state index contributed by atoms with van der Waals surface area (Å²) in [6, 6.07) is -0.360. The molecule has 1 aliphatic rings. The molecule has 3 nitrogen and oxygen atoms in total. The van der Waals surface area contributed by atoms with Crippen molar-refractivity contribution in [1.29, 1.82) is 0 Å². The van der Waals surface area contributed by atoms with Gasteiger partial charge < -0.3 is 10.6 Å². The molecule has 1 atom stereocenters. The van der Waals surface area contributed by atoms with Gasteiger partial charge in [0.1, 0.15) is 11.2 Å². The molecule has 0 bridgehead atoms. The van der Waals surface area contributed by atoms with E-state index in [9.17, 15) is 9.18 Å². The van der Waals surface area contributed by atoms with Gasteiger partial charge in [-0.2, -0.15) is 0 Å². The molecule has 0 saturated carbocycles. The summed E-state index contributed by atoms with van der Waals surface area (Å²) in [6.07, 6.45) is 2.80. The van der Waals surface area contributed by atoms with E-state index in [1.54, 1.807) is 6.26 Å². The number of carbonyl (C=O) groups excluding carboxylic acids is 1. The van der Waals surface area contributed by atoms with E-state index in [1.165, 1.54) is 11.8 Å². The van der Waals surface area contributed by atoms with E-state index in [0.29, 0.717) is 0 Å². The summed E-state index contributed by atoms with van der Waals surface area (Å²) < 4.78 is 12.6. The number of urea groups is 1. The van der Waals surface area contributed by atoms with Crippen molar-refractivity contribution in [2.45, 2.75) is 5.37 Å². The molecular formula is C5H7FN2OS. The number of hydrogen-bond acceptors (Lipinski definition) is 2. The van der Waals surface area contributed by atoms with Crippen LogP contribution in [0.15, 0.2) is 12.0 Å².